The van der Waals surface area contributed by atoms with E-state index >= 15 is 0 Å². The number of hydrogen-bond acceptors (Lipinski definition) is 6. The van der Waals surface area contributed by atoms with Gasteiger partial charge in [-0.1, -0.05) is 6.07 Å². The summed E-state index contributed by atoms with van der Waals surface area (Å²) in [6, 6.07) is 11.5. The SMILES string of the molecule is Cc1cc(=O)[nH]c2ccc(CC(=O)c3cc(S(=O)(=O)N(C)C)ccc3N3CCCC3CO)cc12. The van der Waals surface area contributed by atoms with Crippen molar-refractivity contribution in [3.05, 3.63) is 69.5 Å². The molecule has 3 aromatic rings. The Morgan fingerprint density at radius 1 is 1.18 bits per heavy atom. The average Bonchev–Trinajstić information content (AvgIpc) is 3.27. The number of aliphatic hydroxyl groups excluding tert-OH is 1. The Bertz CT molecular complexity index is 1410. The lowest BCUT2D eigenvalue weighted by Gasteiger charge is -2.28. The van der Waals surface area contributed by atoms with Crippen molar-refractivity contribution in [2.45, 2.75) is 37.1 Å². The van der Waals surface area contributed by atoms with E-state index in [2.05, 4.69) is 4.98 Å². The summed E-state index contributed by atoms with van der Waals surface area (Å²) >= 11 is 0. The Labute approximate surface area is 198 Å². The first-order valence-electron chi connectivity index (χ1n) is 11.2. The molecule has 180 valence electrons. The van der Waals surface area contributed by atoms with Gasteiger partial charge in [0.25, 0.3) is 0 Å². The third-order valence-corrected chi connectivity index (χ3v) is 8.23. The molecule has 8 nitrogen and oxygen atoms in total. The topological polar surface area (TPSA) is 111 Å². The van der Waals surface area contributed by atoms with Crippen LogP contribution in [0.5, 0.6) is 0 Å². The van der Waals surface area contributed by atoms with Crippen molar-refractivity contribution in [2.24, 2.45) is 0 Å². The van der Waals surface area contributed by atoms with Gasteiger partial charge in [-0.25, -0.2) is 12.7 Å². The van der Waals surface area contributed by atoms with Crippen molar-refractivity contribution >= 4 is 32.4 Å². The molecular formula is C25H29N3O5S. The van der Waals surface area contributed by atoms with Crippen LogP contribution in [0.15, 0.2) is 52.2 Å². The summed E-state index contributed by atoms with van der Waals surface area (Å²) < 4.78 is 26.6. The maximum atomic E-state index is 13.6. The summed E-state index contributed by atoms with van der Waals surface area (Å²) in [5.74, 6) is -0.212. The summed E-state index contributed by atoms with van der Waals surface area (Å²) in [6.45, 7) is 2.50. The van der Waals surface area contributed by atoms with Crippen molar-refractivity contribution in [3.63, 3.8) is 0 Å². The number of hydrogen-bond donors (Lipinski definition) is 2. The first-order chi connectivity index (χ1) is 16.1. The highest BCUT2D eigenvalue weighted by molar-refractivity contribution is 7.89. The molecule has 1 unspecified atom stereocenters. The minimum Gasteiger partial charge on any atom is -0.394 e. The molecule has 2 heterocycles. The van der Waals surface area contributed by atoms with E-state index in [1.54, 1.807) is 18.2 Å². The number of sulfonamides is 1. The van der Waals surface area contributed by atoms with Crippen LogP contribution in [0.25, 0.3) is 10.9 Å². The number of ketones is 1. The molecule has 1 atom stereocenters. The van der Waals surface area contributed by atoms with E-state index < -0.39 is 10.0 Å². The number of nitrogens with zero attached hydrogens (tertiary/aromatic N) is 2. The average molecular weight is 484 g/mol. The van der Waals surface area contributed by atoms with Crippen LogP contribution in [0, 0.1) is 6.92 Å². The number of Topliss-reactive ketones (excluding diaryl/α,β-unsaturated/α-hetero) is 1. The van der Waals surface area contributed by atoms with Gasteiger partial charge in [0, 0.05) is 55.3 Å². The minimum absolute atomic E-state index is 0.0342. The monoisotopic (exact) mass is 483 g/mol. The van der Waals surface area contributed by atoms with Crippen LogP contribution in [0.3, 0.4) is 0 Å². The second-order valence-corrected chi connectivity index (χ2v) is 11.1. The summed E-state index contributed by atoms with van der Waals surface area (Å²) in [5, 5.41) is 10.7. The van der Waals surface area contributed by atoms with Gasteiger partial charge in [-0.3, -0.25) is 9.59 Å². The van der Waals surface area contributed by atoms with Crippen LogP contribution in [0.4, 0.5) is 5.69 Å². The normalized spacial score (nSPS) is 16.5. The highest BCUT2D eigenvalue weighted by Crippen LogP contribution is 2.32. The number of benzene rings is 2. The summed E-state index contributed by atoms with van der Waals surface area (Å²) in [7, 11) is -0.818. The quantitative estimate of drug-likeness (QED) is 0.500. The number of H-pyrrole nitrogens is 1. The molecule has 0 bridgehead atoms. The van der Waals surface area contributed by atoms with E-state index in [4.69, 9.17) is 0 Å². The Hall–Kier alpha value is -3.01. The zero-order valence-corrected chi connectivity index (χ0v) is 20.4. The fraction of sp³-hybridized carbons (Fsp3) is 0.360. The highest BCUT2D eigenvalue weighted by Gasteiger charge is 2.29. The third kappa shape index (κ3) is 4.51. The first-order valence-corrected chi connectivity index (χ1v) is 12.7. The number of carbonyl (C=O) groups excluding carboxylic acids is 1. The first kappa shape index (κ1) is 24.1. The van der Waals surface area contributed by atoms with Gasteiger partial charge in [-0.2, -0.15) is 0 Å². The number of carbonyl (C=O) groups is 1. The Morgan fingerprint density at radius 3 is 2.65 bits per heavy atom. The maximum Gasteiger partial charge on any atom is 0.248 e. The maximum absolute atomic E-state index is 13.6. The van der Waals surface area contributed by atoms with Crippen LogP contribution in [-0.2, 0) is 16.4 Å². The number of aryl methyl sites for hydroxylation is 1. The van der Waals surface area contributed by atoms with Crippen LogP contribution in [0.2, 0.25) is 0 Å². The molecule has 1 fully saturated rings. The Balaban J connectivity index is 1.77. The predicted molar refractivity (Wildman–Crippen MR) is 132 cm³/mol. The van der Waals surface area contributed by atoms with Gasteiger partial charge in [-0.15, -0.1) is 0 Å². The number of aliphatic hydroxyl groups is 1. The molecule has 0 spiro atoms. The second-order valence-electron chi connectivity index (χ2n) is 8.93. The molecule has 0 saturated carbocycles. The van der Waals surface area contributed by atoms with E-state index in [1.807, 2.05) is 17.9 Å². The smallest absolute Gasteiger partial charge is 0.248 e. The van der Waals surface area contributed by atoms with E-state index in [0.717, 1.165) is 33.7 Å². The van der Waals surface area contributed by atoms with E-state index in [9.17, 15) is 23.1 Å². The van der Waals surface area contributed by atoms with Gasteiger partial charge < -0.3 is 15.0 Å². The molecule has 2 N–H and O–H groups in total. The van der Waals surface area contributed by atoms with E-state index in [-0.39, 0.29) is 35.3 Å². The standard InChI is InChI=1S/C25H29N3O5S/c1-16-11-25(31)26-22-8-6-17(12-20(16)22)13-24(30)21-14-19(34(32,33)27(2)3)7-9-23(21)28-10-4-5-18(28)15-29/h6-9,11-12,14,18,29H,4-5,10,13,15H2,1-3H3,(H,26,31). The molecule has 1 aliphatic heterocycles. The highest BCUT2D eigenvalue weighted by atomic mass is 32.2. The summed E-state index contributed by atoms with van der Waals surface area (Å²) in [6.07, 6.45) is 1.77. The third-order valence-electron chi connectivity index (χ3n) is 6.42. The lowest BCUT2D eigenvalue weighted by Crippen LogP contribution is -2.33. The molecule has 34 heavy (non-hydrogen) atoms. The van der Waals surface area contributed by atoms with Gasteiger partial charge in [0.2, 0.25) is 15.6 Å². The number of aromatic amines is 1. The molecule has 0 radical (unpaired) electrons. The number of nitrogens with one attached hydrogen (secondary N) is 1. The van der Waals surface area contributed by atoms with Gasteiger partial charge in [0.15, 0.2) is 5.78 Å². The molecule has 1 aromatic heterocycles. The number of pyridine rings is 1. The minimum atomic E-state index is -3.72. The van der Waals surface area contributed by atoms with Crippen LogP contribution < -0.4 is 10.5 Å². The fourth-order valence-corrected chi connectivity index (χ4v) is 5.49. The summed E-state index contributed by atoms with van der Waals surface area (Å²) in [5.41, 5.74) is 3.06. The zero-order valence-electron chi connectivity index (χ0n) is 19.5. The molecule has 4 rings (SSSR count). The van der Waals surface area contributed by atoms with Gasteiger partial charge in [-0.05, 0) is 61.2 Å². The number of anilines is 1. The lowest BCUT2D eigenvalue weighted by atomic mass is 9.98. The lowest BCUT2D eigenvalue weighted by molar-refractivity contribution is 0.0993. The predicted octanol–water partition coefficient (Wildman–Crippen LogP) is 2.47. The molecule has 1 saturated heterocycles. The summed E-state index contributed by atoms with van der Waals surface area (Å²) in [4.78, 5) is 30.1. The Kier molecular flexibility index (Phi) is 6.62. The number of fused-ring (bicyclic) bond motifs is 1. The molecule has 2 aromatic carbocycles. The molecular weight excluding hydrogens is 454 g/mol. The van der Waals surface area contributed by atoms with Gasteiger partial charge in [0.05, 0.1) is 17.5 Å². The zero-order chi connectivity index (χ0) is 24.6. The second kappa shape index (κ2) is 9.32. The van der Waals surface area contributed by atoms with Gasteiger partial charge >= 0.3 is 0 Å². The van der Waals surface area contributed by atoms with Crippen LogP contribution >= 0.6 is 0 Å². The molecule has 0 aliphatic carbocycles. The van der Waals surface area contributed by atoms with Crippen LogP contribution in [-0.4, -0.2) is 61.9 Å². The van der Waals surface area contributed by atoms with Crippen LogP contribution in [0.1, 0.15) is 34.3 Å². The fourth-order valence-electron chi connectivity index (χ4n) is 4.56. The van der Waals surface area contributed by atoms with Crippen molar-refractivity contribution < 1.29 is 18.3 Å². The van der Waals surface area contributed by atoms with E-state index in [1.165, 1.54) is 32.3 Å². The van der Waals surface area contributed by atoms with Crippen molar-refractivity contribution in [3.8, 4) is 0 Å². The largest absolute Gasteiger partial charge is 0.394 e. The number of rotatable bonds is 7. The van der Waals surface area contributed by atoms with Crippen molar-refractivity contribution in [1.29, 1.82) is 0 Å². The van der Waals surface area contributed by atoms with Crippen molar-refractivity contribution in [1.82, 2.24) is 9.29 Å². The molecule has 1 aliphatic rings. The van der Waals surface area contributed by atoms with Gasteiger partial charge in [0.1, 0.15) is 0 Å². The van der Waals surface area contributed by atoms with E-state index in [0.29, 0.717) is 23.3 Å². The molecule has 0 amide bonds. The van der Waals surface area contributed by atoms with Crippen molar-refractivity contribution in [2.75, 3.05) is 32.1 Å². The Morgan fingerprint density at radius 2 is 1.94 bits per heavy atom. The number of aromatic nitrogens is 1. The molecule has 9 heteroatoms.